The number of fused-ring (bicyclic) bond motifs is 2. The van der Waals surface area contributed by atoms with Gasteiger partial charge in [-0.1, -0.05) is 13.5 Å². The van der Waals surface area contributed by atoms with E-state index in [4.69, 9.17) is 9.47 Å². The van der Waals surface area contributed by atoms with Gasteiger partial charge >= 0.3 is 11.9 Å². The predicted molar refractivity (Wildman–Crippen MR) is 78.7 cm³/mol. The van der Waals surface area contributed by atoms with E-state index in [0.29, 0.717) is 17.9 Å². The molecule has 1 aliphatic heterocycles. The molecule has 0 aromatic rings. The summed E-state index contributed by atoms with van der Waals surface area (Å²) in [5.41, 5.74) is 0.0145. The van der Waals surface area contributed by atoms with E-state index in [1.165, 1.54) is 6.92 Å². The Hall–Kier alpha value is -1.36. The molecule has 1 heterocycles. The van der Waals surface area contributed by atoms with Crippen LogP contribution in [-0.2, 0) is 19.1 Å². The third kappa shape index (κ3) is 2.26. The van der Waals surface area contributed by atoms with Crippen molar-refractivity contribution in [1.82, 2.24) is 0 Å². The average Bonchev–Trinajstić information content (AvgIpc) is 2.85. The molecule has 122 valence electrons. The Balaban J connectivity index is 1.95. The van der Waals surface area contributed by atoms with Crippen molar-refractivity contribution in [3.63, 3.8) is 0 Å². The summed E-state index contributed by atoms with van der Waals surface area (Å²) in [6, 6.07) is 0. The van der Waals surface area contributed by atoms with Gasteiger partial charge in [0.25, 0.3) is 0 Å². The highest BCUT2D eigenvalue weighted by atomic mass is 16.6. The predicted octanol–water partition coefficient (Wildman–Crippen LogP) is 1.83. The largest absolute Gasteiger partial charge is 0.465 e. The topological polar surface area (TPSA) is 72.8 Å². The molecule has 3 aliphatic rings. The zero-order valence-electron chi connectivity index (χ0n) is 13.2. The first kappa shape index (κ1) is 15.5. The average molecular weight is 308 g/mol. The molecule has 3 fully saturated rings. The van der Waals surface area contributed by atoms with E-state index in [9.17, 15) is 14.7 Å². The van der Waals surface area contributed by atoms with Crippen LogP contribution in [0, 0.1) is 23.2 Å². The van der Waals surface area contributed by atoms with E-state index >= 15 is 0 Å². The Labute approximate surface area is 130 Å². The molecule has 2 aliphatic carbocycles. The second-order valence-corrected chi connectivity index (χ2v) is 7.21. The van der Waals surface area contributed by atoms with Crippen LogP contribution in [0.1, 0.15) is 39.5 Å². The fourth-order valence-electron chi connectivity index (χ4n) is 4.87. The van der Waals surface area contributed by atoms with E-state index in [2.05, 4.69) is 13.5 Å². The zero-order chi connectivity index (χ0) is 16.1. The van der Waals surface area contributed by atoms with Gasteiger partial charge in [0.05, 0.1) is 12.7 Å². The number of esters is 2. The Morgan fingerprint density at radius 2 is 2.23 bits per heavy atom. The van der Waals surface area contributed by atoms with Crippen LogP contribution >= 0.6 is 0 Å². The van der Waals surface area contributed by atoms with E-state index in [1.54, 1.807) is 0 Å². The minimum absolute atomic E-state index is 0.0803. The molecule has 5 nitrogen and oxygen atoms in total. The monoisotopic (exact) mass is 308 g/mol. The van der Waals surface area contributed by atoms with Crippen LogP contribution in [0.2, 0.25) is 0 Å². The molecule has 22 heavy (non-hydrogen) atoms. The smallest absolute Gasteiger partial charge is 0.334 e. The maximum absolute atomic E-state index is 11.8. The quantitative estimate of drug-likeness (QED) is 0.622. The van der Waals surface area contributed by atoms with Gasteiger partial charge in [-0.3, -0.25) is 4.79 Å². The number of aliphatic hydroxyl groups is 1. The number of carbonyl (C=O) groups excluding carboxylic acids is 2. The van der Waals surface area contributed by atoms with E-state index in [1.807, 2.05) is 0 Å². The third-order valence-electron chi connectivity index (χ3n) is 6.01. The van der Waals surface area contributed by atoms with Crippen molar-refractivity contribution in [2.75, 3.05) is 6.61 Å². The molecular formula is C17H24O5. The molecule has 0 spiro atoms. The molecule has 3 rings (SSSR count). The van der Waals surface area contributed by atoms with Gasteiger partial charge in [-0.2, -0.15) is 0 Å². The second-order valence-electron chi connectivity index (χ2n) is 7.21. The standard InChI is InChI=1S/C17H24O5/c1-9-6-14-12(10(2)16(20)22-14)7-17(8-21-11(3)18)13(9)4-5-15(17)19/h9,12-15,19H,2,4-8H2,1,3H3. The zero-order valence-corrected chi connectivity index (χ0v) is 13.2. The normalized spacial score (nSPS) is 44.0. The summed E-state index contributed by atoms with van der Waals surface area (Å²) in [6.07, 6.45) is 2.36. The fraction of sp³-hybridized carbons (Fsp3) is 0.765. The van der Waals surface area contributed by atoms with Crippen LogP contribution in [0.3, 0.4) is 0 Å². The van der Waals surface area contributed by atoms with E-state index in [0.717, 1.165) is 19.3 Å². The molecule has 2 saturated carbocycles. The highest BCUT2D eigenvalue weighted by Crippen LogP contribution is 2.57. The van der Waals surface area contributed by atoms with Crippen molar-refractivity contribution in [1.29, 1.82) is 0 Å². The summed E-state index contributed by atoms with van der Waals surface area (Å²) in [5.74, 6) is -0.155. The van der Waals surface area contributed by atoms with Gasteiger partial charge < -0.3 is 14.6 Å². The Bertz CT molecular complexity index is 513. The first-order valence-electron chi connectivity index (χ1n) is 8.06. The highest BCUT2D eigenvalue weighted by molar-refractivity contribution is 5.90. The molecule has 0 radical (unpaired) electrons. The molecule has 5 heteroatoms. The van der Waals surface area contributed by atoms with Crippen LogP contribution in [0.4, 0.5) is 0 Å². The van der Waals surface area contributed by atoms with Gasteiger partial charge in [-0.15, -0.1) is 0 Å². The van der Waals surface area contributed by atoms with Crippen LogP contribution in [0.15, 0.2) is 12.2 Å². The molecule has 1 N–H and O–H groups in total. The van der Waals surface area contributed by atoms with Gasteiger partial charge in [0.1, 0.15) is 6.10 Å². The van der Waals surface area contributed by atoms with Gasteiger partial charge in [0.15, 0.2) is 0 Å². The highest BCUT2D eigenvalue weighted by Gasteiger charge is 2.58. The SMILES string of the molecule is C=C1C(=O)OC2CC(C)C3CCC(O)C3(COC(C)=O)CC12. The number of rotatable bonds is 2. The fourth-order valence-corrected chi connectivity index (χ4v) is 4.87. The van der Waals surface area contributed by atoms with Crippen molar-refractivity contribution in [2.45, 2.75) is 51.7 Å². The number of ether oxygens (including phenoxy) is 2. The molecule has 6 unspecified atom stereocenters. The van der Waals surface area contributed by atoms with Gasteiger partial charge in [0.2, 0.25) is 0 Å². The number of aliphatic hydroxyl groups excluding tert-OH is 1. The van der Waals surface area contributed by atoms with Crippen LogP contribution in [-0.4, -0.2) is 35.9 Å². The van der Waals surface area contributed by atoms with E-state index < -0.39 is 11.5 Å². The van der Waals surface area contributed by atoms with Crippen LogP contribution in [0.25, 0.3) is 0 Å². The van der Waals surface area contributed by atoms with Crippen molar-refractivity contribution < 1.29 is 24.2 Å². The van der Waals surface area contributed by atoms with E-state index in [-0.39, 0.29) is 36.5 Å². The number of carbonyl (C=O) groups is 2. The van der Waals surface area contributed by atoms with Crippen molar-refractivity contribution in [3.05, 3.63) is 12.2 Å². The Morgan fingerprint density at radius 3 is 2.91 bits per heavy atom. The van der Waals surface area contributed by atoms with Crippen LogP contribution < -0.4 is 0 Å². The van der Waals surface area contributed by atoms with Crippen molar-refractivity contribution in [3.8, 4) is 0 Å². The number of hydrogen-bond donors (Lipinski definition) is 1. The molecule has 0 aromatic heterocycles. The summed E-state index contributed by atoms with van der Waals surface area (Å²) in [6.45, 7) is 7.63. The maximum atomic E-state index is 11.8. The Morgan fingerprint density at radius 1 is 1.50 bits per heavy atom. The van der Waals surface area contributed by atoms with Crippen molar-refractivity contribution >= 4 is 11.9 Å². The van der Waals surface area contributed by atoms with Crippen molar-refractivity contribution in [2.24, 2.45) is 23.2 Å². The Kier molecular flexibility index (Phi) is 3.79. The third-order valence-corrected chi connectivity index (χ3v) is 6.01. The summed E-state index contributed by atoms with van der Waals surface area (Å²) in [4.78, 5) is 23.1. The lowest BCUT2D eigenvalue weighted by Gasteiger charge is -2.39. The maximum Gasteiger partial charge on any atom is 0.334 e. The second kappa shape index (κ2) is 5.37. The summed E-state index contributed by atoms with van der Waals surface area (Å²) >= 11 is 0. The summed E-state index contributed by atoms with van der Waals surface area (Å²) in [5, 5.41) is 10.7. The minimum Gasteiger partial charge on any atom is -0.465 e. The first-order chi connectivity index (χ1) is 10.3. The first-order valence-corrected chi connectivity index (χ1v) is 8.06. The van der Waals surface area contributed by atoms with Gasteiger partial charge in [-0.25, -0.2) is 4.79 Å². The molecular weight excluding hydrogens is 284 g/mol. The molecule has 0 aromatic carbocycles. The molecule has 6 atom stereocenters. The lowest BCUT2D eigenvalue weighted by Crippen LogP contribution is -2.43. The molecule has 0 amide bonds. The minimum atomic E-state index is -0.512. The summed E-state index contributed by atoms with van der Waals surface area (Å²) < 4.78 is 10.8. The van der Waals surface area contributed by atoms with Gasteiger partial charge in [-0.05, 0) is 37.5 Å². The molecule has 1 saturated heterocycles. The van der Waals surface area contributed by atoms with Crippen LogP contribution in [0.5, 0.6) is 0 Å². The summed E-state index contributed by atoms with van der Waals surface area (Å²) in [7, 11) is 0. The lowest BCUT2D eigenvalue weighted by atomic mass is 9.68. The number of hydrogen-bond acceptors (Lipinski definition) is 5. The lowest BCUT2D eigenvalue weighted by molar-refractivity contribution is -0.150. The van der Waals surface area contributed by atoms with Gasteiger partial charge in [0, 0.05) is 23.8 Å². The molecule has 0 bridgehead atoms.